The molecule has 1 N–H and O–H groups in total. The zero-order valence-electron chi connectivity index (χ0n) is 12.6. The summed E-state index contributed by atoms with van der Waals surface area (Å²) in [5.74, 6) is 0.484. The van der Waals surface area contributed by atoms with Crippen LogP contribution in [0.5, 0.6) is 0 Å². The zero-order valence-corrected chi connectivity index (χ0v) is 13.4. The second-order valence-corrected chi connectivity index (χ2v) is 7.52. The summed E-state index contributed by atoms with van der Waals surface area (Å²) in [4.78, 5) is 8.73. The Labute approximate surface area is 132 Å². The number of aromatic nitrogens is 3. The number of benzene rings is 1. The third kappa shape index (κ3) is 2.08. The first-order valence-electron chi connectivity index (χ1n) is 7.06. The van der Waals surface area contributed by atoms with Crippen LogP contribution in [-0.2, 0) is 16.8 Å². The summed E-state index contributed by atoms with van der Waals surface area (Å²) in [6.07, 6.45) is 1.33. The third-order valence-corrected chi connectivity index (χ3v) is 5.61. The molecule has 4 rings (SSSR count). The lowest BCUT2D eigenvalue weighted by atomic mass is 10.2. The van der Waals surface area contributed by atoms with Gasteiger partial charge in [0, 0.05) is 20.6 Å². The number of hydrogen-bond donors (Lipinski definition) is 1. The van der Waals surface area contributed by atoms with Gasteiger partial charge in [0.2, 0.25) is 5.89 Å². The highest BCUT2D eigenvalue weighted by Crippen LogP contribution is 2.31. The van der Waals surface area contributed by atoms with Crippen LogP contribution in [0.3, 0.4) is 0 Å². The van der Waals surface area contributed by atoms with E-state index < -0.39 is 10.2 Å². The second kappa shape index (κ2) is 4.88. The summed E-state index contributed by atoms with van der Waals surface area (Å²) >= 11 is 0. The van der Waals surface area contributed by atoms with E-state index in [1.54, 1.807) is 0 Å². The van der Waals surface area contributed by atoms with Gasteiger partial charge in [-0.3, -0.25) is 5.32 Å². The van der Waals surface area contributed by atoms with Gasteiger partial charge < -0.3 is 4.42 Å². The molecule has 0 bridgehead atoms. The Morgan fingerprint density at radius 1 is 1.35 bits per heavy atom. The summed E-state index contributed by atoms with van der Waals surface area (Å²) in [5, 5.41) is 3.21. The lowest BCUT2D eigenvalue weighted by Crippen LogP contribution is -2.29. The summed E-state index contributed by atoms with van der Waals surface area (Å²) < 4.78 is 32.8. The zero-order chi connectivity index (χ0) is 16.2. The minimum absolute atomic E-state index is 0.351. The maximum absolute atomic E-state index is 12.3. The fourth-order valence-corrected chi connectivity index (χ4v) is 3.62. The Morgan fingerprint density at radius 3 is 2.87 bits per heavy atom. The molecule has 0 spiro atoms. The predicted octanol–water partition coefficient (Wildman–Crippen LogP) is 0.871. The first-order chi connectivity index (χ1) is 11.0. The molecule has 3 heterocycles. The Bertz CT molecular complexity index is 956. The fraction of sp³-hybridized carbons (Fsp3) is 0.286. The molecule has 0 fully saturated rings. The van der Waals surface area contributed by atoms with Crippen LogP contribution in [0, 0.1) is 0 Å². The number of hydrogen-bond acceptors (Lipinski definition) is 6. The van der Waals surface area contributed by atoms with Crippen molar-refractivity contribution in [3.05, 3.63) is 47.9 Å². The van der Waals surface area contributed by atoms with E-state index in [1.165, 1.54) is 24.4 Å². The average Bonchev–Trinajstić information content (AvgIpc) is 3.20. The van der Waals surface area contributed by atoms with Crippen LogP contribution in [0.4, 0.5) is 0 Å². The van der Waals surface area contributed by atoms with E-state index in [-0.39, 0.29) is 6.04 Å². The number of rotatable bonds is 3. The smallest absolute Gasteiger partial charge is 0.308 e. The molecule has 1 aliphatic rings. The van der Waals surface area contributed by atoms with E-state index in [0.29, 0.717) is 29.4 Å². The topological polar surface area (TPSA) is 93.3 Å². The molecule has 120 valence electrons. The SMILES string of the molecule is CN(C)S(=O)(=O)n1cnc2c1CNC2c1nc2ccccc2o1. The van der Waals surface area contributed by atoms with Crippen LogP contribution in [-0.4, -0.2) is 40.8 Å². The molecule has 8 nitrogen and oxygen atoms in total. The number of nitrogens with zero attached hydrogens (tertiary/aromatic N) is 4. The molecule has 23 heavy (non-hydrogen) atoms. The summed E-state index contributed by atoms with van der Waals surface area (Å²) in [6, 6.07) is 7.13. The van der Waals surface area contributed by atoms with Crippen LogP contribution >= 0.6 is 0 Å². The van der Waals surface area contributed by atoms with Gasteiger partial charge in [-0.15, -0.1) is 0 Å². The molecule has 1 atom stereocenters. The Hall–Kier alpha value is -2.23. The van der Waals surface area contributed by atoms with E-state index in [1.807, 2.05) is 24.3 Å². The lowest BCUT2D eigenvalue weighted by Gasteiger charge is -2.13. The number of oxazole rings is 1. The minimum Gasteiger partial charge on any atom is -0.439 e. The van der Waals surface area contributed by atoms with Gasteiger partial charge in [0.05, 0.1) is 11.4 Å². The van der Waals surface area contributed by atoms with E-state index in [4.69, 9.17) is 4.42 Å². The number of fused-ring (bicyclic) bond motifs is 2. The van der Waals surface area contributed by atoms with Crippen LogP contribution in [0.15, 0.2) is 35.0 Å². The van der Waals surface area contributed by atoms with Crippen molar-refractivity contribution < 1.29 is 12.8 Å². The predicted molar refractivity (Wildman–Crippen MR) is 82.9 cm³/mol. The van der Waals surface area contributed by atoms with Crippen molar-refractivity contribution in [1.29, 1.82) is 0 Å². The number of imidazole rings is 1. The van der Waals surface area contributed by atoms with Crippen molar-refractivity contribution in [2.45, 2.75) is 12.6 Å². The van der Waals surface area contributed by atoms with Gasteiger partial charge in [-0.2, -0.15) is 12.7 Å². The second-order valence-electron chi connectivity index (χ2n) is 5.50. The van der Waals surface area contributed by atoms with Crippen molar-refractivity contribution in [3.63, 3.8) is 0 Å². The lowest BCUT2D eigenvalue weighted by molar-refractivity contribution is 0.465. The van der Waals surface area contributed by atoms with E-state index in [0.717, 1.165) is 9.82 Å². The molecule has 1 aliphatic heterocycles. The summed E-state index contributed by atoms with van der Waals surface area (Å²) in [5.41, 5.74) is 2.68. The largest absolute Gasteiger partial charge is 0.439 e. The third-order valence-electron chi connectivity index (χ3n) is 3.88. The average molecular weight is 333 g/mol. The molecule has 0 saturated carbocycles. The molecule has 9 heteroatoms. The molecule has 1 unspecified atom stereocenters. The van der Waals surface area contributed by atoms with Crippen LogP contribution in [0.25, 0.3) is 11.1 Å². The van der Waals surface area contributed by atoms with Gasteiger partial charge in [0.1, 0.15) is 17.9 Å². The fourth-order valence-electron chi connectivity index (χ4n) is 2.67. The first-order valence-corrected chi connectivity index (χ1v) is 8.46. The monoisotopic (exact) mass is 333 g/mol. The van der Waals surface area contributed by atoms with Crippen molar-refractivity contribution >= 4 is 21.3 Å². The van der Waals surface area contributed by atoms with Crippen molar-refractivity contribution in [1.82, 2.24) is 23.6 Å². The van der Waals surface area contributed by atoms with Gasteiger partial charge in [-0.05, 0) is 12.1 Å². The molecule has 0 aliphatic carbocycles. The van der Waals surface area contributed by atoms with Gasteiger partial charge >= 0.3 is 10.2 Å². The first kappa shape index (κ1) is 14.4. The minimum atomic E-state index is -3.59. The standard InChI is InChI=1S/C14H15N5O3S/c1-18(2)23(20,21)19-8-16-12-10(19)7-15-13(12)14-17-9-5-3-4-6-11(9)22-14/h3-6,8,13,15H,7H2,1-2H3. The maximum Gasteiger partial charge on any atom is 0.308 e. The van der Waals surface area contributed by atoms with Crippen LogP contribution in [0.2, 0.25) is 0 Å². The quantitative estimate of drug-likeness (QED) is 0.764. The summed E-state index contributed by atoms with van der Waals surface area (Å²) in [7, 11) is -0.616. The van der Waals surface area contributed by atoms with Gasteiger partial charge in [0.15, 0.2) is 5.58 Å². The normalized spacial score (nSPS) is 18.0. The highest BCUT2D eigenvalue weighted by Gasteiger charge is 2.35. The van der Waals surface area contributed by atoms with Crippen molar-refractivity contribution in [2.24, 2.45) is 0 Å². The van der Waals surface area contributed by atoms with Gasteiger partial charge in [-0.25, -0.2) is 13.9 Å². The highest BCUT2D eigenvalue weighted by molar-refractivity contribution is 7.87. The van der Waals surface area contributed by atoms with Crippen LogP contribution < -0.4 is 5.32 Å². The van der Waals surface area contributed by atoms with E-state index >= 15 is 0 Å². The molecule has 0 saturated heterocycles. The maximum atomic E-state index is 12.3. The van der Waals surface area contributed by atoms with E-state index in [9.17, 15) is 8.42 Å². The van der Waals surface area contributed by atoms with Crippen molar-refractivity contribution in [3.8, 4) is 0 Å². The molecule has 0 radical (unpaired) electrons. The number of nitrogens with one attached hydrogen (secondary N) is 1. The molecule has 3 aromatic rings. The Morgan fingerprint density at radius 2 is 2.13 bits per heavy atom. The van der Waals surface area contributed by atoms with Crippen LogP contribution in [0.1, 0.15) is 23.3 Å². The molecule has 2 aromatic heterocycles. The van der Waals surface area contributed by atoms with Gasteiger partial charge in [-0.1, -0.05) is 12.1 Å². The molecule has 0 amide bonds. The summed E-state index contributed by atoms with van der Waals surface area (Å²) in [6.45, 7) is 0.381. The van der Waals surface area contributed by atoms with E-state index in [2.05, 4.69) is 15.3 Å². The molecular weight excluding hydrogens is 318 g/mol. The molecule has 1 aromatic carbocycles. The molecular formula is C14H15N5O3S. The highest BCUT2D eigenvalue weighted by atomic mass is 32.2. The Balaban J connectivity index is 1.78. The Kier molecular flexibility index (Phi) is 3.05. The van der Waals surface area contributed by atoms with Gasteiger partial charge in [0.25, 0.3) is 0 Å². The number of para-hydroxylation sites is 2. The van der Waals surface area contributed by atoms with Crippen molar-refractivity contribution in [2.75, 3.05) is 14.1 Å².